The van der Waals surface area contributed by atoms with Gasteiger partial charge < -0.3 is 14.4 Å². The van der Waals surface area contributed by atoms with Gasteiger partial charge in [-0.1, -0.05) is 0 Å². The number of ether oxygens (including phenoxy) is 1. The number of aromatic nitrogens is 3. The molecule has 4 atom stereocenters. The predicted molar refractivity (Wildman–Crippen MR) is 101 cm³/mol. The van der Waals surface area contributed by atoms with E-state index in [0.717, 1.165) is 40.5 Å². The van der Waals surface area contributed by atoms with Crippen molar-refractivity contribution in [3.8, 4) is 6.07 Å². The number of thiophene rings is 1. The van der Waals surface area contributed by atoms with Crippen molar-refractivity contribution in [2.75, 3.05) is 7.11 Å². The summed E-state index contributed by atoms with van der Waals surface area (Å²) in [6.07, 6.45) is 4.42. The second-order valence-electron chi connectivity index (χ2n) is 7.01. The standard InChI is InChI=1S/C19H22N4O2S/c1-11(24)19-22-15-10-21-14-6-8-26-18(14)17(15)23(19)13-4-3-12(5-7-20)16(9-13)25-2/h6,8,10-13,16,24H,3-5,9H2,1-2H3/t11-,12-,13+,16+/m1/s1. The summed E-state index contributed by atoms with van der Waals surface area (Å²) in [4.78, 5) is 9.18. The normalized spacial score (nSPS) is 24.8. The number of hydrogen-bond donors (Lipinski definition) is 1. The molecule has 1 aliphatic rings. The molecule has 0 amide bonds. The molecule has 0 aromatic carbocycles. The van der Waals surface area contributed by atoms with Crippen molar-refractivity contribution < 1.29 is 9.84 Å². The van der Waals surface area contributed by atoms with E-state index in [1.54, 1.807) is 31.6 Å². The number of nitrogens with zero attached hydrogens (tertiary/aromatic N) is 4. The monoisotopic (exact) mass is 370 g/mol. The molecule has 6 nitrogen and oxygen atoms in total. The van der Waals surface area contributed by atoms with Crippen LogP contribution in [0, 0.1) is 17.2 Å². The fourth-order valence-corrected chi connectivity index (χ4v) is 5.09. The first-order valence-electron chi connectivity index (χ1n) is 8.95. The summed E-state index contributed by atoms with van der Waals surface area (Å²) in [5.74, 6) is 0.954. The molecule has 136 valence electrons. The number of imidazole rings is 1. The average molecular weight is 370 g/mol. The summed E-state index contributed by atoms with van der Waals surface area (Å²) < 4.78 is 9.02. The zero-order chi connectivity index (χ0) is 18.3. The van der Waals surface area contributed by atoms with Gasteiger partial charge in [0.1, 0.15) is 17.4 Å². The number of methoxy groups -OCH3 is 1. The van der Waals surface area contributed by atoms with Gasteiger partial charge in [-0.05, 0) is 43.6 Å². The molecule has 4 rings (SSSR count). The molecular weight excluding hydrogens is 348 g/mol. The highest BCUT2D eigenvalue weighted by Gasteiger charge is 2.34. The van der Waals surface area contributed by atoms with E-state index in [4.69, 9.17) is 10.00 Å². The predicted octanol–water partition coefficient (Wildman–Crippen LogP) is 3.97. The Balaban J connectivity index is 1.83. The molecule has 0 bridgehead atoms. The van der Waals surface area contributed by atoms with Crippen LogP contribution in [0.4, 0.5) is 0 Å². The van der Waals surface area contributed by atoms with Gasteiger partial charge in [-0.2, -0.15) is 5.26 Å². The minimum Gasteiger partial charge on any atom is -0.385 e. The van der Waals surface area contributed by atoms with Crippen molar-refractivity contribution >= 4 is 32.6 Å². The van der Waals surface area contributed by atoms with Gasteiger partial charge in [0.25, 0.3) is 0 Å². The van der Waals surface area contributed by atoms with Gasteiger partial charge in [0.2, 0.25) is 0 Å². The first-order chi connectivity index (χ1) is 12.6. The maximum absolute atomic E-state index is 10.3. The number of aliphatic hydroxyl groups excluding tert-OH is 1. The fraction of sp³-hybridized carbons (Fsp3) is 0.526. The molecule has 0 radical (unpaired) electrons. The van der Waals surface area contributed by atoms with Gasteiger partial charge in [0, 0.05) is 19.6 Å². The molecule has 7 heteroatoms. The molecular formula is C19H22N4O2S. The van der Waals surface area contributed by atoms with E-state index in [1.807, 2.05) is 11.4 Å². The summed E-state index contributed by atoms with van der Waals surface area (Å²) in [5.41, 5.74) is 2.84. The van der Waals surface area contributed by atoms with Crippen LogP contribution in [0.15, 0.2) is 17.6 Å². The topological polar surface area (TPSA) is 84.0 Å². The smallest absolute Gasteiger partial charge is 0.138 e. The zero-order valence-corrected chi connectivity index (χ0v) is 15.7. The van der Waals surface area contributed by atoms with Gasteiger partial charge in [-0.25, -0.2) is 4.98 Å². The Hall–Kier alpha value is -2.01. The van der Waals surface area contributed by atoms with Gasteiger partial charge in [0.15, 0.2) is 0 Å². The average Bonchev–Trinajstić information content (AvgIpc) is 3.26. The molecule has 0 saturated heterocycles. The molecule has 1 saturated carbocycles. The van der Waals surface area contributed by atoms with Crippen LogP contribution in [0.5, 0.6) is 0 Å². The summed E-state index contributed by atoms with van der Waals surface area (Å²) in [7, 11) is 1.72. The zero-order valence-electron chi connectivity index (χ0n) is 14.9. The van der Waals surface area contributed by atoms with E-state index in [2.05, 4.69) is 20.6 Å². The maximum atomic E-state index is 10.3. The lowest BCUT2D eigenvalue weighted by Gasteiger charge is -2.36. The Morgan fingerprint density at radius 3 is 3.04 bits per heavy atom. The molecule has 26 heavy (non-hydrogen) atoms. The second kappa shape index (κ2) is 6.95. The molecule has 3 aromatic rings. The van der Waals surface area contributed by atoms with Crippen molar-refractivity contribution in [1.82, 2.24) is 14.5 Å². The van der Waals surface area contributed by atoms with Gasteiger partial charge in [-0.3, -0.25) is 4.98 Å². The van der Waals surface area contributed by atoms with Crippen LogP contribution in [-0.4, -0.2) is 32.9 Å². The largest absolute Gasteiger partial charge is 0.385 e. The molecule has 1 aliphatic carbocycles. The highest BCUT2D eigenvalue weighted by Crippen LogP contribution is 2.40. The van der Waals surface area contributed by atoms with Gasteiger partial charge >= 0.3 is 0 Å². The highest BCUT2D eigenvalue weighted by molar-refractivity contribution is 7.18. The molecule has 0 spiro atoms. The molecule has 1 N–H and O–H groups in total. The lowest BCUT2D eigenvalue weighted by atomic mass is 9.81. The third-order valence-corrected chi connectivity index (χ3v) is 6.36. The number of hydrogen-bond acceptors (Lipinski definition) is 6. The van der Waals surface area contributed by atoms with E-state index in [0.29, 0.717) is 12.2 Å². The van der Waals surface area contributed by atoms with Crippen LogP contribution < -0.4 is 0 Å². The van der Waals surface area contributed by atoms with Gasteiger partial charge in [0.05, 0.1) is 34.1 Å². The van der Waals surface area contributed by atoms with E-state index in [9.17, 15) is 5.11 Å². The molecule has 3 aromatic heterocycles. The van der Waals surface area contributed by atoms with E-state index < -0.39 is 6.10 Å². The van der Waals surface area contributed by atoms with Crippen LogP contribution in [0.3, 0.4) is 0 Å². The van der Waals surface area contributed by atoms with Crippen LogP contribution in [0.2, 0.25) is 0 Å². The second-order valence-corrected chi connectivity index (χ2v) is 7.92. The number of nitriles is 1. The number of fused-ring (bicyclic) bond motifs is 3. The van der Waals surface area contributed by atoms with Crippen LogP contribution in [0.1, 0.15) is 50.6 Å². The Morgan fingerprint density at radius 1 is 1.46 bits per heavy atom. The minimum atomic E-state index is -0.657. The van der Waals surface area contributed by atoms with Crippen LogP contribution in [0.25, 0.3) is 21.3 Å². The molecule has 1 fully saturated rings. The number of aliphatic hydroxyl groups is 1. The lowest BCUT2D eigenvalue weighted by molar-refractivity contribution is 0.00807. The molecule has 0 aliphatic heterocycles. The highest BCUT2D eigenvalue weighted by atomic mass is 32.1. The van der Waals surface area contributed by atoms with Gasteiger partial charge in [-0.15, -0.1) is 11.3 Å². The quantitative estimate of drug-likeness (QED) is 0.751. The molecule has 0 unspecified atom stereocenters. The van der Waals surface area contributed by atoms with Crippen molar-refractivity contribution in [3.05, 3.63) is 23.5 Å². The van der Waals surface area contributed by atoms with E-state index in [-0.39, 0.29) is 18.1 Å². The molecule has 3 heterocycles. The summed E-state index contributed by atoms with van der Waals surface area (Å²) in [6, 6.07) is 4.49. The van der Waals surface area contributed by atoms with Crippen LogP contribution in [-0.2, 0) is 4.74 Å². The lowest BCUT2D eigenvalue weighted by Crippen LogP contribution is -2.33. The summed E-state index contributed by atoms with van der Waals surface area (Å²) in [6.45, 7) is 1.76. The van der Waals surface area contributed by atoms with Crippen LogP contribution >= 0.6 is 11.3 Å². The van der Waals surface area contributed by atoms with Crippen molar-refractivity contribution in [3.63, 3.8) is 0 Å². The summed E-state index contributed by atoms with van der Waals surface area (Å²) >= 11 is 1.66. The first kappa shape index (κ1) is 17.4. The van der Waals surface area contributed by atoms with Crippen molar-refractivity contribution in [2.24, 2.45) is 5.92 Å². The maximum Gasteiger partial charge on any atom is 0.138 e. The summed E-state index contributed by atoms with van der Waals surface area (Å²) in [5, 5.41) is 21.5. The minimum absolute atomic E-state index is 0.0494. The third-order valence-electron chi connectivity index (χ3n) is 5.45. The fourth-order valence-electron chi connectivity index (χ4n) is 4.21. The van der Waals surface area contributed by atoms with E-state index in [1.165, 1.54) is 0 Å². The Kier molecular flexibility index (Phi) is 4.65. The van der Waals surface area contributed by atoms with Crippen molar-refractivity contribution in [1.29, 1.82) is 5.26 Å². The number of pyridine rings is 1. The SMILES string of the molecule is CO[C@H]1C[C@@H](n2c([C@@H](C)O)nc3cnc4ccsc4c32)CC[C@@H]1CC#N. The number of rotatable bonds is 4. The third kappa shape index (κ3) is 2.78. The van der Waals surface area contributed by atoms with E-state index >= 15 is 0 Å². The Morgan fingerprint density at radius 2 is 2.31 bits per heavy atom. The Bertz CT molecular complexity index is 971. The Labute approximate surface area is 156 Å². The first-order valence-corrected chi connectivity index (χ1v) is 9.83. The van der Waals surface area contributed by atoms with Crippen molar-refractivity contribution in [2.45, 2.75) is 50.9 Å².